The molecule has 0 aromatic carbocycles. The quantitative estimate of drug-likeness (QED) is 0.439. The molecule has 6 nitrogen and oxygen atoms in total. The minimum absolute atomic E-state index is 0.557. The van der Waals surface area contributed by atoms with Crippen LogP contribution in [0, 0.1) is 6.92 Å². The van der Waals surface area contributed by atoms with Gasteiger partial charge in [-0.15, -0.1) is 11.3 Å². The van der Waals surface area contributed by atoms with E-state index >= 15 is 0 Å². The Balaban J connectivity index is 1.70. The maximum Gasteiger partial charge on any atom is 0.191 e. The van der Waals surface area contributed by atoms with Gasteiger partial charge in [0.25, 0.3) is 0 Å². The lowest BCUT2D eigenvalue weighted by atomic mass is 10.3. The number of ether oxygens (including phenoxy) is 1. The lowest BCUT2D eigenvalue weighted by Crippen LogP contribution is -2.39. The molecule has 2 aromatic heterocycles. The lowest BCUT2D eigenvalue weighted by Gasteiger charge is -2.11. The van der Waals surface area contributed by atoms with Gasteiger partial charge in [-0.3, -0.25) is 9.98 Å². The monoisotopic (exact) mass is 333 g/mol. The van der Waals surface area contributed by atoms with Crippen molar-refractivity contribution in [3.05, 3.63) is 40.6 Å². The van der Waals surface area contributed by atoms with Crippen molar-refractivity contribution in [1.29, 1.82) is 0 Å². The molecule has 0 saturated heterocycles. The van der Waals surface area contributed by atoms with Crippen LogP contribution in [0.25, 0.3) is 0 Å². The Morgan fingerprint density at radius 3 is 3.00 bits per heavy atom. The summed E-state index contributed by atoms with van der Waals surface area (Å²) in [6.45, 7) is 6.84. The molecule has 0 amide bonds. The molecular formula is C16H23N5OS. The number of aliphatic imine (C=N–C) groups is 1. The summed E-state index contributed by atoms with van der Waals surface area (Å²) in [5, 5.41) is 9.67. The molecule has 0 aliphatic heterocycles. The summed E-state index contributed by atoms with van der Waals surface area (Å²) in [6, 6.07) is 3.75. The Labute approximate surface area is 141 Å². The van der Waals surface area contributed by atoms with E-state index in [1.165, 1.54) is 0 Å². The predicted octanol–water partition coefficient (Wildman–Crippen LogP) is 2.02. The third-order valence-electron chi connectivity index (χ3n) is 2.95. The molecule has 0 radical (unpaired) electrons. The third kappa shape index (κ3) is 6.65. The van der Waals surface area contributed by atoms with Crippen LogP contribution in [0.2, 0.25) is 0 Å². The maximum atomic E-state index is 5.59. The highest BCUT2D eigenvalue weighted by Gasteiger charge is 2.00. The Kier molecular flexibility index (Phi) is 7.32. The molecule has 0 saturated carbocycles. The second-order valence-corrected chi connectivity index (χ2v) is 5.89. The number of guanidine groups is 1. The van der Waals surface area contributed by atoms with Crippen LogP contribution in [0.3, 0.4) is 0 Å². The first kappa shape index (κ1) is 17.2. The third-order valence-corrected chi connectivity index (χ3v) is 3.77. The van der Waals surface area contributed by atoms with Gasteiger partial charge in [0.2, 0.25) is 0 Å². The molecule has 0 atom stereocenters. The summed E-state index contributed by atoms with van der Waals surface area (Å²) >= 11 is 1.68. The van der Waals surface area contributed by atoms with E-state index in [0.717, 1.165) is 35.4 Å². The predicted molar refractivity (Wildman–Crippen MR) is 94.3 cm³/mol. The molecule has 2 aromatic rings. The lowest BCUT2D eigenvalue weighted by molar-refractivity contribution is 0.320. The van der Waals surface area contributed by atoms with Crippen LogP contribution < -0.4 is 15.4 Å². The van der Waals surface area contributed by atoms with Crippen LogP contribution >= 0.6 is 11.3 Å². The molecule has 0 bridgehead atoms. The minimum Gasteiger partial charge on any atom is -0.490 e. The van der Waals surface area contributed by atoms with Crippen LogP contribution in [-0.2, 0) is 6.42 Å². The molecule has 23 heavy (non-hydrogen) atoms. The number of aryl methyl sites for hydroxylation is 1. The van der Waals surface area contributed by atoms with Crippen molar-refractivity contribution in [3.8, 4) is 5.75 Å². The van der Waals surface area contributed by atoms with Crippen molar-refractivity contribution in [1.82, 2.24) is 20.6 Å². The van der Waals surface area contributed by atoms with E-state index in [2.05, 4.69) is 31.0 Å². The number of nitrogens with zero attached hydrogens (tertiary/aromatic N) is 3. The van der Waals surface area contributed by atoms with E-state index in [0.29, 0.717) is 19.7 Å². The zero-order chi connectivity index (χ0) is 16.3. The van der Waals surface area contributed by atoms with Gasteiger partial charge in [0, 0.05) is 31.1 Å². The fourth-order valence-electron chi connectivity index (χ4n) is 1.92. The summed E-state index contributed by atoms with van der Waals surface area (Å²) in [6.07, 6.45) is 4.28. The average Bonchev–Trinajstić information content (AvgIpc) is 2.98. The van der Waals surface area contributed by atoms with Gasteiger partial charge in [-0.1, -0.05) is 0 Å². The molecule has 2 N–H and O–H groups in total. The van der Waals surface area contributed by atoms with Gasteiger partial charge in [0.05, 0.1) is 23.4 Å². The van der Waals surface area contributed by atoms with Gasteiger partial charge in [0.15, 0.2) is 5.96 Å². The number of pyridine rings is 1. The largest absolute Gasteiger partial charge is 0.490 e. The zero-order valence-electron chi connectivity index (χ0n) is 13.6. The van der Waals surface area contributed by atoms with Gasteiger partial charge in [-0.2, -0.15) is 0 Å². The van der Waals surface area contributed by atoms with E-state index < -0.39 is 0 Å². The normalized spacial score (nSPS) is 11.3. The number of thiazole rings is 1. The first-order valence-corrected chi connectivity index (χ1v) is 8.62. The first-order chi connectivity index (χ1) is 11.3. The van der Waals surface area contributed by atoms with Crippen molar-refractivity contribution in [2.45, 2.75) is 20.3 Å². The van der Waals surface area contributed by atoms with E-state index in [4.69, 9.17) is 4.74 Å². The van der Waals surface area contributed by atoms with Crippen LogP contribution in [0.5, 0.6) is 5.75 Å². The fourth-order valence-corrected chi connectivity index (χ4v) is 2.56. The average molecular weight is 333 g/mol. The SMILES string of the molecule is CCNC(=NCCc1csc(C)n1)NCCOc1cccnc1. The van der Waals surface area contributed by atoms with Gasteiger partial charge in [-0.05, 0) is 26.0 Å². The Morgan fingerprint density at radius 1 is 1.39 bits per heavy atom. The number of hydrogen-bond donors (Lipinski definition) is 2. The summed E-state index contributed by atoms with van der Waals surface area (Å²) in [7, 11) is 0. The van der Waals surface area contributed by atoms with Gasteiger partial charge in [0.1, 0.15) is 12.4 Å². The number of nitrogens with one attached hydrogen (secondary N) is 2. The second kappa shape index (κ2) is 9.78. The van der Waals surface area contributed by atoms with Crippen LogP contribution in [0.15, 0.2) is 34.9 Å². The van der Waals surface area contributed by atoms with Crippen molar-refractivity contribution < 1.29 is 4.74 Å². The Morgan fingerprint density at radius 2 is 2.30 bits per heavy atom. The highest BCUT2D eigenvalue weighted by molar-refractivity contribution is 7.09. The van der Waals surface area contributed by atoms with Crippen molar-refractivity contribution in [3.63, 3.8) is 0 Å². The molecule has 2 rings (SSSR count). The topological polar surface area (TPSA) is 71.4 Å². The van der Waals surface area contributed by atoms with Gasteiger partial charge in [-0.25, -0.2) is 4.98 Å². The minimum atomic E-state index is 0.557. The van der Waals surface area contributed by atoms with Crippen LogP contribution in [0.4, 0.5) is 0 Å². The molecule has 7 heteroatoms. The van der Waals surface area contributed by atoms with Gasteiger partial charge < -0.3 is 15.4 Å². The first-order valence-electron chi connectivity index (χ1n) is 7.74. The molecule has 0 unspecified atom stereocenters. The van der Waals surface area contributed by atoms with Crippen molar-refractivity contribution in [2.75, 3.05) is 26.2 Å². The molecular weight excluding hydrogens is 310 g/mol. The Bertz CT molecular complexity index is 600. The Hall–Kier alpha value is -2.15. The van der Waals surface area contributed by atoms with Crippen molar-refractivity contribution in [2.24, 2.45) is 4.99 Å². The highest BCUT2D eigenvalue weighted by Crippen LogP contribution is 2.08. The molecule has 0 spiro atoms. The van der Waals surface area contributed by atoms with E-state index in [9.17, 15) is 0 Å². The molecule has 0 aliphatic carbocycles. The van der Waals surface area contributed by atoms with E-state index in [1.54, 1.807) is 23.7 Å². The van der Waals surface area contributed by atoms with E-state index in [1.807, 2.05) is 26.0 Å². The molecule has 0 fully saturated rings. The van der Waals surface area contributed by atoms with Gasteiger partial charge >= 0.3 is 0 Å². The van der Waals surface area contributed by atoms with Crippen molar-refractivity contribution >= 4 is 17.3 Å². The summed E-state index contributed by atoms with van der Waals surface area (Å²) in [5.41, 5.74) is 1.10. The molecule has 124 valence electrons. The smallest absolute Gasteiger partial charge is 0.191 e. The second-order valence-electron chi connectivity index (χ2n) is 4.83. The molecule has 2 heterocycles. The maximum absolute atomic E-state index is 5.59. The van der Waals surface area contributed by atoms with Crippen LogP contribution in [0.1, 0.15) is 17.6 Å². The summed E-state index contributed by atoms with van der Waals surface area (Å²) in [4.78, 5) is 13.0. The standard InChI is InChI=1S/C16H23N5OS/c1-3-18-16(19-8-6-14-12-23-13(2)21-14)20-9-10-22-15-5-4-7-17-11-15/h4-5,7,11-12H,3,6,8-10H2,1-2H3,(H2,18,19,20). The zero-order valence-corrected chi connectivity index (χ0v) is 14.4. The summed E-state index contributed by atoms with van der Waals surface area (Å²) < 4.78 is 5.59. The number of rotatable bonds is 8. The van der Waals surface area contributed by atoms with E-state index in [-0.39, 0.29) is 0 Å². The summed E-state index contributed by atoms with van der Waals surface area (Å²) in [5.74, 6) is 1.57. The fraction of sp³-hybridized carbons (Fsp3) is 0.438. The van der Waals surface area contributed by atoms with Crippen LogP contribution in [-0.4, -0.2) is 42.2 Å². The number of aromatic nitrogens is 2. The molecule has 0 aliphatic rings. The number of hydrogen-bond acceptors (Lipinski definition) is 5. The highest BCUT2D eigenvalue weighted by atomic mass is 32.1.